The third-order valence-electron chi connectivity index (χ3n) is 4.57. The van der Waals surface area contributed by atoms with Crippen LogP contribution in [-0.2, 0) is 23.6 Å². The van der Waals surface area contributed by atoms with Gasteiger partial charge in [0.2, 0.25) is 5.91 Å². The van der Waals surface area contributed by atoms with Crippen molar-refractivity contribution in [3.8, 4) is 11.8 Å². The minimum atomic E-state index is -5.06. The number of rotatable bonds is 4. The van der Waals surface area contributed by atoms with Gasteiger partial charge >= 0.3 is 12.4 Å². The standard InChI is InChI=1S/C24H16F6N2O/c25-23(26,27)18-12-11-17(21(16-18)24(28,29)30)15-22(33)32(20-9-2-1-3-10-20)14-6-8-19-7-4-5-13-31-19/h1-5,7,9-13,16H,14-15H2. The molecule has 3 nitrogen and oxygen atoms in total. The number of para-hydroxylation sites is 1. The van der Waals surface area contributed by atoms with Gasteiger partial charge in [-0.3, -0.25) is 4.79 Å². The zero-order chi connectivity index (χ0) is 24.1. The van der Waals surface area contributed by atoms with Crippen molar-refractivity contribution in [1.29, 1.82) is 0 Å². The van der Waals surface area contributed by atoms with Crippen LogP contribution in [0.3, 0.4) is 0 Å². The number of carbonyl (C=O) groups is 1. The normalized spacial score (nSPS) is 11.5. The van der Waals surface area contributed by atoms with Crippen molar-refractivity contribution in [3.05, 3.63) is 95.3 Å². The van der Waals surface area contributed by atoms with E-state index in [1.807, 2.05) is 0 Å². The van der Waals surface area contributed by atoms with Crippen LogP contribution >= 0.6 is 0 Å². The molecule has 0 saturated carbocycles. The van der Waals surface area contributed by atoms with Crippen molar-refractivity contribution in [2.45, 2.75) is 18.8 Å². The quantitative estimate of drug-likeness (QED) is 0.366. The SMILES string of the molecule is O=C(Cc1ccc(C(F)(F)F)cc1C(F)(F)F)N(CC#Cc1ccccn1)c1ccccc1. The van der Waals surface area contributed by atoms with Gasteiger partial charge in [0, 0.05) is 11.9 Å². The summed E-state index contributed by atoms with van der Waals surface area (Å²) in [5, 5.41) is 0. The van der Waals surface area contributed by atoms with Gasteiger partial charge in [0.25, 0.3) is 0 Å². The average molecular weight is 462 g/mol. The van der Waals surface area contributed by atoms with Gasteiger partial charge in [-0.15, -0.1) is 0 Å². The maximum Gasteiger partial charge on any atom is 0.416 e. The molecule has 170 valence electrons. The number of nitrogens with zero attached hydrogens (tertiary/aromatic N) is 2. The first kappa shape index (κ1) is 23.9. The summed E-state index contributed by atoms with van der Waals surface area (Å²) >= 11 is 0. The highest BCUT2D eigenvalue weighted by atomic mass is 19.4. The smallest absolute Gasteiger partial charge is 0.300 e. The first-order chi connectivity index (χ1) is 15.6. The Morgan fingerprint density at radius 3 is 2.18 bits per heavy atom. The number of carbonyl (C=O) groups excluding carboxylic acids is 1. The van der Waals surface area contributed by atoms with E-state index in [2.05, 4.69) is 16.8 Å². The van der Waals surface area contributed by atoms with Gasteiger partial charge in [-0.05, 0) is 47.9 Å². The highest BCUT2D eigenvalue weighted by molar-refractivity contribution is 5.95. The molecule has 3 aromatic rings. The molecule has 0 fully saturated rings. The first-order valence-corrected chi connectivity index (χ1v) is 9.58. The van der Waals surface area contributed by atoms with Crippen LogP contribution in [0.1, 0.15) is 22.4 Å². The van der Waals surface area contributed by atoms with Crippen molar-refractivity contribution >= 4 is 11.6 Å². The molecular weight excluding hydrogens is 446 g/mol. The maximum absolute atomic E-state index is 13.5. The van der Waals surface area contributed by atoms with Crippen LogP contribution in [0.4, 0.5) is 32.0 Å². The third kappa shape index (κ3) is 6.35. The number of halogens is 6. The van der Waals surface area contributed by atoms with Gasteiger partial charge in [-0.2, -0.15) is 26.3 Å². The molecule has 0 saturated heterocycles. The molecule has 1 amide bonds. The van der Waals surface area contributed by atoms with Crippen LogP contribution in [0.15, 0.2) is 72.9 Å². The van der Waals surface area contributed by atoms with E-state index >= 15 is 0 Å². The average Bonchev–Trinajstić information content (AvgIpc) is 2.76. The molecule has 9 heteroatoms. The summed E-state index contributed by atoms with van der Waals surface area (Å²) in [6.07, 6.45) is -9.23. The first-order valence-electron chi connectivity index (χ1n) is 9.58. The summed E-state index contributed by atoms with van der Waals surface area (Å²) in [6.45, 7) is -0.151. The topological polar surface area (TPSA) is 33.2 Å². The fourth-order valence-electron chi connectivity index (χ4n) is 3.01. The molecule has 0 unspecified atom stereocenters. The number of benzene rings is 2. The molecule has 33 heavy (non-hydrogen) atoms. The summed E-state index contributed by atoms with van der Waals surface area (Å²) in [7, 11) is 0. The summed E-state index contributed by atoms with van der Waals surface area (Å²) in [6, 6.07) is 14.5. The number of aromatic nitrogens is 1. The fourth-order valence-corrected chi connectivity index (χ4v) is 3.01. The van der Waals surface area contributed by atoms with Crippen molar-refractivity contribution in [3.63, 3.8) is 0 Å². The van der Waals surface area contributed by atoms with Crippen LogP contribution in [0, 0.1) is 11.8 Å². The Morgan fingerprint density at radius 2 is 1.58 bits per heavy atom. The summed E-state index contributed by atoms with van der Waals surface area (Å²) < 4.78 is 79.1. The van der Waals surface area contributed by atoms with Crippen LogP contribution in [0.2, 0.25) is 0 Å². The molecule has 2 aromatic carbocycles. The Kier molecular flexibility index (Phi) is 7.07. The van der Waals surface area contributed by atoms with Crippen molar-refractivity contribution in [2.24, 2.45) is 0 Å². The summed E-state index contributed by atoms with van der Waals surface area (Å²) in [4.78, 5) is 18.2. The number of alkyl halides is 6. The van der Waals surface area contributed by atoms with E-state index < -0.39 is 41.4 Å². The molecule has 0 spiro atoms. The van der Waals surface area contributed by atoms with E-state index in [1.54, 1.807) is 48.5 Å². The van der Waals surface area contributed by atoms with Gasteiger partial charge in [0.15, 0.2) is 0 Å². The zero-order valence-electron chi connectivity index (χ0n) is 16.9. The number of anilines is 1. The minimum Gasteiger partial charge on any atom is -0.300 e. The lowest BCUT2D eigenvalue weighted by Gasteiger charge is -2.22. The predicted molar refractivity (Wildman–Crippen MR) is 110 cm³/mol. The largest absolute Gasteiger partial charge is 0.416 e. The minimum absolute atomic E-state index is 0.0242. The van der Waals surface area contributed by atoms with Gasteiger partial charge in [0.1, 0.15) is 5.69 Å². The maximum atomic E-state index is 13.5. The Bertz CT molecular complexity index is 1160. The van der Waals surface area contributed by atoms with E-state index in [4.69, 9.17) is 0 Å². The lowest BCUT2D eigenvalue weighted by Crippen LogP contribution is -2.33. The van der Waals surface area contributed by atoms with Gasteiger partial charge in [0.05, 0.1) is 24.1 Å². The third-order valence-corrected chi connectivity index (χ3v) is 4.57. The van der Waals surface area contributed by atoms with Gasteiger partial charge in [-0.1, -0.05) is 36.3 Å². The molecule has 1 heterocycles. The van der Waals surface area contributed by atoms with Crippen molar-refractivity contribution in [2.75, 3.05) is 11.4 Å². The van der Waals surface area contributed by atoms with E-state index in [1.165, 1.54) is 11.1 Å². The molecule has 0 bridgehead atoms. The Morgan fingerprint density at radius 1 is 0.879 bits per heavy atom. The monoisotopic (exact) mass is 462 g/mol. The molecule has 3 rings (SSSR count). The molecule has 0 aliphatic heterocycles. The van der Waals surface area contributed by atoms with Crippen LogP contribution in [-0.4, -0.2) is 17.4 Å². The second kappa shape index (κ2) is 9.77. The second-order valence-corrected chi connectivity index (χ2v) is 6.88. The Balaban J connectivity index is 1.92. The summed E-state index contributed by atoms with van der Waals surface area (Å²) in [5.74, 6) is 4.78. The number of hydrogen-bond donors (Lipinski definition) is 0. The van der Waals surface area contributed by atoms with E-state index in [0.29, 0.717) is 23.5 Å². The fraction of sp³-hybridized carbons (Fsp3) is 0.167. The number of amides is 1. The van der Waals surface area contributed by atoms with Gasteiger partial charge < -0.3 is 4.90 Å². The number of hydrogen-bond acceptors (Lipinski definition) is 2. The van der Waals surface area contributed by atoms with Crippen LogP contribution < -0.4 is 4.90 Å². The molecule has 0 aliphatic rings. The van der Waals surface area contributed by atoms with Crippen LogP contribution in [0.25, 0.3) is 0 Å². The molecule has 0 radical (unpaired) electrons. The molecule has 0 aliphatic carbocycles. The number of pyridine rings is 1. The zero-order valence-corrected chi connectivity index (χ0v) is 16.9. The Labute approximate surface area is 185 Å². The lowest BCUT2D eigenvalue weighted by molar-refractivity contribution is -0.143. The van der Waals surface area contributed by atoms with E-state index in [0.717, 1.165) is 0 Å². The van der Waals surface area contributed by atoms with Gasteiger partial charge in [-0.25, -0.2) is 4.98 Å². The highest BCUT2D eigenvalue weighted by Crippen LogP contribution is 2.37. The molecular formula is C24H16F6N2O. The second-order valence-electron chi connectivity index (χ2n) is 6.88. The van der Waals surface area contributed by atoms with Crippen LogP contribution in [0.5, 0.6) is 0 Å². The molecule has 0 atom stereocenters. The Hall–Kier alpha value is -3.80. The summed E-state index contributed by atoms with van der Waals surface area (Å²) in [5.41, 5.74) is -2.66. The lowest BCUT2D eigenvalue weighted by atomic mass is 10.00. The highest BCUT2D eigenvalue weighted by Gasteiger charge is 2.38. The predicted octanol–water partition coefficient (Wildman–Crippen LogP) is 5.75. The van der Waals surface area contributed by atoms with E-state index in [-0.39, 0.29) is 12.6 Å². The molecule has 1 aromatic heterocycles. The molecule has 0 N–H and O–H groups in total. The van der Waals surface area contributed by atoms with Crippen molar-refractivity contribution < 1.29 is 31.1 Å². The van der Waals surface area contributed by atoms with E-state index in [9.17, 15) is 31.1 Å². The van der Waals surface area contributed by atoms with Crippen molar-refractivity contribution in [1.82, 2.24) is 4.98 Å².